The van der Waals surface area contributed by atoms with Crippen LogP contribution in [0.4, 0.5) is 0 Å². The zero-order chi connectivity index (χ0) is 12.8. The smallest absolute Gasteiger partial charge is 0.317 e. The van der Waals surface area contributed by atoms with Crippen molar-refractivity contribution in [2.24, 2.45) is 7.05 Å². The molecule has 1 aromatic rings. The van der Waals surface area contributed by atoms with E-state index >= 15 is 0 Å². The fourth-order valence-electron chi connectivity index (χ4n) is 1.84. The van der Waals surface area contributed by atoms with E-state index in [1.54, 1.807) is 0 Å². The molecule has 1 N–H and O–H groups in total. The highest BCUT2D eigenvalue weighted by Gasteiger charge is 2.12. The minimum atomic E-state index is -0.781. The summed E-state index contributed by atoms with van der Waals surface area (Å²) in [4.78, 5) is 12.7. The number of carbonyl (C=O) groups is 1. The fourth-order valence-corrected chi connectivity index (χ4v) is 1.84. The summed E-state index contributed by atoms with van der Waals surface area (Å²) >= 11 is 0. The molecular formula is C12H21N3O2. The standard InChI is InChI=1S/C12H21N3O2/c1-4-6-15(9-12(16)17)8-11-7-10(5-2)13-14(11)3/h7H,4-6,8-9H2,1-3H3,(H,16,17). The number of carboxylic acid groups (broad SMARTS) is 1. The Morgan fingerprint density at radius 1 is 1.53 bits per heavy atom. The Morgan fingerprint density at radius 3 is 2.71 bits per heavy atom. The second-order valence-corrected chi connectivity index (χ2v) is 4.21. The molecule has 5 heteroatoms. The molecule has 0 fully saturated rings. The third-order valence-electron chi connectivity index (χ3n) is 2.67. The third-order valence-corrected chi connectivity index (χ3v) is 2.67. The van der Waals surface area contributed by atoms with Crippen molar-refractivity contribution in [3.63, 3.8) is 0 Å². The van der Waals surface area contributed by atoms with E-state index in [0.717, 1.165) is 30.8 Å². The van der Waals surface area contributed by atoms with Crippen molar-refractivity contribution in [2.75, 3.05) is 13.1 Å². The van der Waals surface area contributed by atoms with Gasteiger partial charge >= 0.3 is 5.97 Å². The molecule has 0 atom stereocenters. The summed E-state index contributed by atoms with van der Waals surface area (Å²) in [6.45, 7) is 5.63. The minimum Gasteiger partial charge on any atom is -0.480 e. The van der Waals surface area contributed by atoms with Crippen LogP contribution in [0.25, 0.3) is 0 Å². The molecule has 96 valence electrons. The summed E-state index contributed by atoms with van der Waals surface area (Å²) < 4.78 is 1.84. The average Bonchev–Trinajstić information content (AvgIpc) is 2.59. The first-order chi connectivity index (χ1) is 8.06. The fraction of sp³-hybridized carbons (Fsp3) is 0.667. The summed E-state index contributed by atoms with van der Waals surface area (Å²) in [5.74, 6) is -0.781. The molecule has 0 aliphatic heterocycles. The van der Waals surface area contributed by atoms with Crippen LogP contribution >= 0.6 is 0 Å². The Labute approximate surface area is 102 Å². The van der Waals surface area contributed by atoms with E-state index in [1.807, 2.05) is 22.7 Å². The molecule has 0 unspecified atom stereocenters. The Morgan fingerprint density at radius 2 is 2.24 bits per heavy atom. The van der Waals surface area contributed by atoms with Crippen LogP contribution < -0.4 is 0 Å². The van der Waals surface area contributed by atoms with Gasteiger partial charge < -0.3 is 5.11 Å². The highest BCUT2D eigenvalue weighted by Crippen LogP contribution is 2.08. The van der Waals surface area contributed by atoms with Gasteiger partial charge in [-0.1, -0.05) is 13.8 Å². The highest BCUT2D eigenvalue weighted by atomic mass is 16.4. The summed E-state index contributed by atoms with van der Waals surface area (Å²) in [6, 6.07) is 2.05. The molecule has 5 nitrogen and oxygen atoms in total. The molecule has 17 heavy (non-hydrogen) atoms. The lowest BCUT2D eigenvalue weighted by atomic mass is 10.3. The molecule has 0 bridgehead atoms. The van der Waals surface area contributed by atoms with Gasteiger partial charge in [-0.05, 0) is 25.5 Å². The molecule has 0 spiro atoms. The summed E-state index contributed by atoms with van der Waals surface area (Å²) in [7, 11) is 1.90. The topological polar surface area (TPSA) is 58.4 Å². The van der Waals surface area contributed by atoms with Crippen LogP contribution in [-0.4, -0.2) is 38.8 Å². The average molecular weight is 239 g/mol. The monoisotopic (exact) mass is 239 g/mol. The van der Waals surface area contributed by atoms with Crippen molar-refractivity contribution in [3.8, 4) is 0 Å². The maximum Gasteiger partial charge on any atom is 0.317 e. The zero-order valence-electron chi connectivity index (χ0n) is 10.8. The molecule has 0 saturated carbocycles. The van der Waals surface area contributed by atoms with Crippen LogP contribution in [0.2, 0.25) is 0 Å². The highest BCUT2D eigenvalue weighted by molar-refractivity contribution is 5.69. The molecule has 0 aromatic carbocycles. The number of carboxylic acids is 1. The first-order valence-electron chi connectivity index (χ1n) is 6.02. The van der Waals surface area contributed by atoms with Gasteiger partial charge in [-0.15, -0.1) is 0 Å². The Hall–Kier alpha value is -1.36. The molecule has 0 amide bonds. The van der Waals surface area contributed by atoms with E-state index in [2.05, 4.69) is 18.9 Å². The number of aromatic nitrogens is 2. The summed E-state index contributed by atoms with van der Waals surface area (Å²) in [5, 5.41) is 13.2. The minimum absolute atomic E-state index is 0.0838. The van der Waals surface area contributed by atoms with Gasteiger partial charge in [0.25, 0.3) is 0 Å². The molecular weight excluding hydrogens is 218 g/mol. The van der Waals surface area contributed by atoms with Crippen LogP contribution in [0.5, 0.6) is 0 Å². The molecule has 1 heterocycles. The van der Waals surface area contributed by atoms with Crippen molar-refractivity contribution >= 4 is 5.97 Å². The number of aliphatic carboxylic acids is 1. The van der Waals surface area contributed by atoms with Gasteiger partial charge in [0, 0.05) is 13.6 Å². The van der Waals surface area contributed by atoms with Gasteiger partial charge in [0.1, 0.15) is 0 Å². The summed E-state index contributed by atoms with van der Waals surface area (Å²) in [5.41, 5.74) is 2.12. The molecule has 0 saturated heterocycles. The van der Waals surface area contributed by atoms with Crippen LogP contribution in [-0.2, 0) is 24.8 Å². The van der Waals surface area contributed by atoms with Crippen LogP contribution in [0, 0.1) is 0 Å². The Kier molecular flexibility index (Phi) is 5.15. The van der Waals surface area contributed by atoms with Crippen molar-refractivity contribution in [1.29, 1.82) is 0 Å². The van der Waals surface area contributed by atoms with Gasteiger partial charge in [-0.3, -0.25) is 14.4 Å². The lowest BCUT2D eigenvalue weighted by Crippen LogP contribution is -2.30. The van der Waals surface area contributed by atoms with Gasteiger partial charge in [-0.25, -0.2) is 0 Å². The second-order valence-electron chi connectivity index (χ2n) is 4.21. The zero-order valence-corrected chi connectivity index (χ0v) is 10.8. The lowest BCUT2D eigenvalue weighted by Gasteiger charge is -2.19. The largest absolute Gasteiger partial charge is 0.480 e. The first kappa shape index (κ1) is 13.7. The molecule has 1 aromatic heterocycles. The van der Waals surface area contributed by atoms with E-state index < -0.39 is 5.97 Å². The normalized spacial score (nSPS) is 11.1. The molecule has 0 aliphatic rings. The predicted octanol–water partition coefficient (Wildman–Crippen LogP) is 1.28. The number of aryl methyl sites for hydroxylation is 2. The van der Waals surface area contributed by atoms with Gasteiger partial charge in [0.05, 0.1) is 17.9 Å². The summed E-state index contributed by atoms with van der Waals surface area (Å²) in [6.07, 6.45) is 1.85. The van der Waals surface area contributed by atoms with Gasteiger partial charge in [0.15, 0.2) is 0 Å². The number of hydrogen-bond donors (Lipinski definition) is 1. The van der Waals surface area contributed by atoms with Crippen LogP contribution in [0.3, 0.4) is 0 Å². The van der Waals surface area contributed by atoms with Crippen molar-refractivity contribution < 1.29 is 9.90 Å². The predicted molar refractivity (Wildman–Crippen MR) is 65.8 cm³/mol. The van der Waals surface area contributed by atoms with E-state index in [4.69, 9.17) is 5.11 Å². The number of rotatable bonds is 7. The van der Waals surface area contributed by atoms with E-state index in [0.29, 0.717) is 6.54 Å². The quantitative estimate of drug-likeness (QED) is 0.778. The van der Waals surface area contributed by atoms with E-state index in [9.17, 15) is 4.79 Å². The first-order valence-corrected chi connectivity index (χ1v) is 6.02. The lowest BCUT2D eigenvalue weighted by molar-refractivity contribution is -0.138. The van der Waals surface area contributed by atoms with Crippen molar-refractivity contribution in [2.45, 2.75) is 33.2 Å². The van der Waals surface area contributed by atoms with Crippen molar-refractivity contribution in [1.82, 2.24) is 14.7 Å². The van der Waals surface area contributed by atoms with Crippen molar-refractivity contribution in [3.05, 3.63) is 17.5 Å². The number of nitrogens with zero attached hydrogens (tertiary/aromatic N) is 3. The van der Waals surface area contributed by atoms with Gasteiger partial charge in [0.2, 0.25) is 0 Å². The Balaban J connectivity index is 2.70. The Bertz CT molecular complexity index is 374. The van der Waals surface area contributed by atoms with Gasteiger partial charge in [-0.2, -0.15) is 5.10 Å². The molecule has 0 aliphatic carbocycles. The molecule has 0 radical (unpaired) electrons. The third kappa shape index (κ3) is 4.19. The van der Waals surface area contributed by atoms with Crippen LogP contribution in [0.15, 0.2) is 6.07 Å². The van der Waals surface area contributed by atoms with E-state index in [-0.39, 0.29) is 6.54 Å². The SMILES string of the molecule is CCCN(CC(=O)O)Cc1cc(CC)nn1C. The maximum absolute atomic E-state index is 10.8. The second kappa shape index (κ2) is 6.39. The number of hydrogen-bond acceptors (Lipinski definition) is 3. The van der Waals surface area contributed by atoms with Crippen LogP contribution in [0.1, 0.15) is 31.7 Å². The maximum atomic E-state index is 10.8. The van der Waals surface area contributed by atoms with E-state index in [1.165, 1.54) is 0 Å². The molecule has 1 rings (SSSR count).